The number of H-pyrrole nitrogens is 1. The Kier molecular flexibility index (Phi) is 3.16. The number of nitrogens with one attached hydrogen (secondary N) is 1. The molecule has 0 unspecified atom stereocenters. The van der Waals surface area contributed by atoms with Crippen LogP contribution in [0.5, 0.6) is 5.75 Å². The van der Waals surface area contributed by atoms with E-state index in [0.29, 0.717) is 23.7 Å². The Morgan fingerprint density at radius 1 is 1.25 bits per heavy atom. The molecule has 0 aliphatic carbocycles. The van der Waals surface area contributed by atoms with Crippen LogP contribution in [-0.4, -0.2) is 31.8 Å². The van der Waals surface area contributed by atoms with Gasteiger partial charge in [0.1, 0.15) is 5.75 Å². The Hall–Kier alpha value is -2.70. The molecule has 0 aliphatic heterocycles. The minimum Gasteiger partial charge on any atom is -0.492 e. The number of rotatable bonds is 4. The van der Waals surface area contributed by atoms with E-state index in [9.17, 15) is 0 Å². The molecule has 20 heavy (non-hydrogen) atoms. The molecule has 0 bridgehead atoms. The predicted octanol–water partition coefficient (Wildman–Crippen LogP) is 1.79. The Bertz CT molecular complexity index is 739. The van der Waals surface area contributed by atoms with E-state index in [-0.39, 0.29) is 5.95 Å². The molecule has 102 valence electrons. The van der Waals surface area contributed by atoms with Gasteiger partial charge in [-0.2, -0.15) is 10.1 Å². The number of hydrogen-bond donors (Lipinski definition) is 2. The SMILES string of the molecule is CCCOc1cncc(-c2nc(N)nc3[nH]ncc23)c1. The summed E-state index contributed by atoms with van der Waals surface area (Å²) < 4.78 is 5.58. The number of aromatic amines is 1. The fourth-order valence-electron chi connectivity index (χ4n) is 1.92. The third-order valence-corrected chi connectivity index (χ3v) is 2.79. The maximum Gasteiger partial charge on any atom is 0.222 e. The fraction of sp³-hybridized carbons (Fsp3) is 0.231. The molecule has 3 heterocycles. The number of nitrogen functional groups attached to an aromatic ring is 1. The Labute approximate surface area is 115 Å². The minimum atomic E-state index is 0.191. The number of pyridine rings is 1. The third-order valence-electron chi connectivity index (χ3n) is 2.79. The van der Waals surface area contributed by atoms with E-state index in [1.165, 1.54) is 0 Å². The third kappa shape index (κ3) is 2.25. The number of ether oxygens (including phenoxy) is 1. The van der Waals surface area contributed by atoms with E-state index in [1.54, 1.807) is 18.6 Å². The molecule has 0 saturated carbocycles. The molecule has 0 atom stereocenters. The zero-order chi connectivity index (χ0) is 13.9. The predicted molar refractivity (Wildman–Crippen MR) is 75.1 cm³/mol. The van der Waals surface area contributed by atoms with Gasteiger partial charge in [0, 0.05) is 11.8 Å². The summed E-state index contributed by atoms with van der Waals surface area (Å²) in [6, 6.07) is 1.89. The van der Waals surface area contributed by atoms with E-state index in [0.717, 1.165) is 17.4 Å². The number of hydrogen-bond acceptors (Lipinski definition) is 6. The van der Waals surface area contributed by atoms with E-state index in [1.807, 2.05) is 6.07 Å². The van der Waals surface area contributed by atoms with Crippen molar-refractivity contribution in [1.82, 2.24) is 25.1 Å². The summed E-state index contributed by atoms with van der Waals surface area (Å²) in [5, 5.41) is 7.55. The van der Waals surface area contributed by atoms with Crippen molar-refractivity contribution in [2.45, 2.75) is 13.3 Å². The molecule has 3 rings (SSSR count). The van der Waals surface area contributed by atoms with Crippen molar-refractivity contribution in [1.29, 1.82) is 0 Å². The lowest BCUT2D eigenvalue weighted by atomic mass is 10.1. The molecular formula is C13H14N6O. The molecule has 0 aliphatic rings. The van der Waals surface area contributed by atoms with Gasteiger partial charge in [-0.05, 0) is 12.5 Å². The summed E-state index contributed by atoms with van der Waals surface area (Å²) in [4.78, 5) is 12.5. The number of fused-ring (bicyclic) bond motifs is 1. The van der Waals surface area contributed by atoms with E-state index in [2.05, 4.69) is 32.1 Å². The zero-order valence-corrected chi connectivity index (χ0v) is 11.0. The van der Waals surface area contributed by atoms with Crippen LogP contribution in [0, 0.1) is 0 Å². The van der Waals surface area contributed by atoms with Crippen LogP contribution >= 0.6 is 0 Å². The molecule has 0 fully saturated rings. The van der Waals surface area contributed by atoms with Gasteiger partial charge < -0.3 is 10.5 Å². The van der Waals surface area contributed by atoms with E-state index < -0.39 is 0 Å². The summed E-state index contributed by atoms with van der Waals surface area (Å²) >= 11 is 0. The van der Waals surface area contributed by atoms with Gasteiger partial charge >= 0.3 is 0 Å². The van der Waals surface area contributed by atoms with Crippen LogP contribution in [0.2, 0.25) is 0 Å². The van der Waals surface area contributed by atoms with Crippen molar-refractivity contribution in [2.24, 2.45) is 0 Å². The lowest BCUT2D eigenvalue weighted by Gasteiger charge is -2.07. The van der Waals surface area contributed by atoms with Crippen LogP contribution in [-0.2, 0) is 0 Å². The highest BCUT2D eigenvalue weighted by Gasteiger charge is 2.11. The monoisotopic (exact) mass is 270 g/mol. The lowest BCUT2D eigenvalue weighted by molar-refractivity contribution is 0.316. The molecule has 3 N–H and O–H groups in total. The maximum absolute atomic E-state index is 5.72. The van der Waals surface area contributed by atoms with Crippen LogP contribution in [0.25, 0.3) is 22.3 Å². The Morgan fingerprint density at radius 3 is 3.00 bits per heavy atom. The first-order valence-electron chi connectivity index (χ1n) is 6.32. The van der Waals surface area contributed by atoms with Crippen LogP contribution in [0.3, 0.4) is 0 Å². The highest BCUT2D eigenvalue weighted by Crippen LogP contribution is 2.27. The summed E-state index contributed by atoms with van der Waals surface area (Å²) in [5.41, 5.74) is 7.83. The molecule has 3 aromatic heterocycles. The van der Waals surface area contributed by atoms with Gasteiger partial charge in [-0.25, -0.2) is 4.98 Å². The Morgan fingerprint density at radius 2 is 2.15 bits per heavy atom. The second-order valence-corrected chi connectivity index (χ2v) is 4.32. The van der Waals surface area contributed by atoms with Crippen molar-refractivity contribution < 1.29 is 4.74 Å². The Balaban J connectivity index is 2.08. The van der Waals surface area contributed by atoms with Gasteiger partial charge in [0.2, 0.25) is 5.95 Å². The van der Waals surface area contributed by atoms with Crippen molar-refractivity contribution in [3.8, 4) is 17.0 Å². The van der Waals surface area contributed by atoms with Crippen LogP contribution in [0.1, 0.15) is 13.3 Å². The first-order valence-corrected chi connectivity index (χ1v) is 6.32. The fourth-order valence-corrected chi connectivity index (χ4v) is 1.92. The van der Waals surface area contributed by atoms with Crippen molar-refractivity contribution >= 4 is 17.0 Å². The van der Waals surface area contributed by atoms with Crippen LogP contribution in [0.15, 0.2) is 24.7 Å². The quantitative estimate of drug-likeness (QED) is 0.749. The molecule has 7 nitrogen and oxygen atoms in total. The van der Waals surface area contributed by atoms with Gasteiger partial charge in [0.25, 0.3) is 0 Å². The number of nitrogens with zero attached hydrogens (tertiary/aromatic N) is 4. The zero-order valence-electron chi connectivity index (χ0n) is 11.0. The molecule has 0 radical (unpaired) electrons. The number of aromatic nitrogens is 5. The standard InChI is InChI=1S/C13H14N6O/c1-2-3-20-9-4-8(5-15-6-9)11-10-7-16-19-12(10)18-13(14)17-11/h4-7H,2-3H2,1H3,(H3,14,16,17,18,19). The molecule has 0 saturated heterocycles. The molecule has 0 aromatic carbocycles. The van der Waals surface area contributed by atoms with Gasteiger partial charge in [-0.1, -0.05) is 6.92 Å². The summed E-state index contributed by atoms with van der Waals surface area (Å²) in [7, 11) is 0. The summed E-state index contributed by atoms with van der Waals surface area (Å²) in [5.74, 6) is 0.898. The average molecular weight is 270 g/mol. The maximum atomic E-state index is 5.72. The smallest absolute Gasteiger partial charge is 0.222 e. The second kappa shape index (κ2) is 5.12. The van der Waals surface area contributed by atoms with Crippen molar-refractivity contribution in [2.75, 3.05) is 12.3 Å². The molecule has 0 spiro atoms. The minimum absolute atomic E-state index is 0.191. The summed E-state index contributed by atoms with van der Waals surface area (Å²) in [6.07, 6.45) is 6.00. The van der Waals surface area contributed by atoms with Crippen molar-refractivity contribution in [3.05, 3.63) is 24.7 Å². The number of anilines is 1. The highest BCUT2D eigenvalue weighted by atomic mass is 16.5. The van der Waals surface area contributed by atoms with Gasteiger partial charge in [-0.15, -0.1) is 0 Å². The molecule has 3 aromatic rings. The first-order chi connectivity index (χ1) is 9.78. The van der Waals surface area contributed by atoms with Crippen molar-refractivity contribution in [3.63, 3.8) is 0 Å². The van der Waals surface area contributed by atoms with E-state index >= 15 is 0 Å². The largest absolute Gasteiger partial charge is 0.492 e. The normalized spacial score (nSPS) is 10.8. The van der Waals surface area contributed by atoms with E-state index in [4.69, 9.17) is 10.5 Å². The first kappa shape index (κ1) is 12.3. The molecule has 7 heteroatoms. The van der Waals surface area contributed by atoms with Gasteiger partial charge in [-0.3, -0.25) is 10.1 Å². The average Bonchev–Trinajstić information content (AvgIpc) is 2.92. The van der Waals surface area contributed by atoms with Gasteiger partial charge in [0.05, 0.1) is 30.1 Å². The number of nitrogens with two attached hydrogens (primary N) is 1. The molecular weight excluding hydrogens is 256 g/mol. The van der Waals surface area contributed by atoms with Crippen LogP contribution < -0.4 is 10.5 Å². The summed E-state index contributed by atoms with van der Waals surface area (Å²) in [6.45, 7) is 2.70. The topological polar surface area (TPSA) is 103 Å². The van der Waals surface area contributed by atoms with Crippen LogP contribution in [0.4, 0.5) is 5.95 Å². The lowest BCUT2D eigenvalue weighted by Crippen LogP contribution is -1.99. The highest BCUT2D eigenvalue weighted by molar-refractivity contribution is 5.90. The molecule has 0 amide bonds. The van der Waals surface area contributed by atoms with Gasteiger partial charge in [0.15, 0.2) is 5.65 Å². The second-order valence-electron chi connectivity index (χ2n) is 4.32.